The van der Waals surface area contributed by atoms with Crippen LogP contribution in [0.4, 0.5) is 11.4 Å². The van der Waals surface area contributed by atoms with Gasteiger partial charge in [-0.2, -0.15) is 0 Å². The van der Waals surface area contributed by atoms with Crippen molar-refractivity contribution in [3.8, 4) is 0 Å². The highest BCUT2D eigenvalue weighted by Crippen LogP contribution is 2.30. The Morgan fingerprint density at radius 1 is 0.409 bits per heavy atom. The zero-order chi connectivity index (χ0) is 14.8. The summed E-state index contributed by atoms with van der Waals surface area (Å²) in [5.41, 5.74) is 1.79. The quantitative estimate of drug-likeness (QED) is 0.379. The van der Waals surface area contributed by atoms with Crippen LogP contribution in [-0.4, -0.2) is 0 Å². The molecule has 0 N–H and O–H groups in total. The van der Waals surface area contributed by atoms with Gasteiger partial charge in [-0.1, -0.05) is 72.8 Å². The minimum Gasteiger partial charge on any atom is -0.150 e. The minimum absolute atomic E-state index is 0.894. The zero-order valence-electron chi connectivity index (χ0n) is 12.0. The van der Waals surface area contributed by atoms with Crippen molar-refractivity contribution in [3.05, 3.63) is 84.9 Å². The Balaban J connectivity index is 1.83. The fourth-order valence-corrected chi connectivity index (χ4v) is 2.70. The molecule has 0 spiro atoms. The van der Waals surface area contributed by atoms with Crippen LogP contribution in [0.3, 0.4) is 0 Å². The van der Waals surface area contributed by atoms with Crippen LogP contribution in [-0.2, 0) is 0 Å². The van der Waals surface area contributed by atoms with Crippen LogP contribution in [0.5, 0.6) is 0 Å². The first-order chi connectivity index (χ1) is 10.9. The van der Waals surface area contributed by atoms with Crippen molar-refractivity contribution in [2.75, 3.05) is 0 Å². The van der Waals surface area contributed by atoms with Gasteiger partial charge in [0.15, 0.2) is 0 Å². The van der Waals surface area contributed by atoms with Crippen molar-refractivity contribution in [2.45, 2.75) is 0 Å². The summed E-state index contributed by atoms with van der Waals surface area (Å²) in [5, 5.41) is 13.6. The average Bonchev–Trinajstić information content (AvgIpc) is 2.60. The lowest BCUT2D eigenvalue weighted by atomic mass is 10.1. The van der Waals surface area contributed by atoms with Crippen molar-refractivity contribution >= 4 is 32.9 Å². The number of nitrogens with zero attached hydrogens (tertiary/aromatic N) is 2. The maximum absolute atomic E-state index is 4.48. The van der Waals surface area contributed by atoms with Crippen molar-refractivity contribution in [1.29, 1.82) is 0 Å². The van der Waals surface area contributed by atoms with E-state index in [-0.39, 0.29) is 0 Å². The van der Waals surface area contributed by atoms with Crippen LogP contribution in [0.25, 0.3) is 21.5 Å². The van der Waals surface area contributed by atoms with Gasteiger partial charge in [0, 0.05) is 10.8 Å². The van der Waals surface area contributed by atoms with E-state index in [1.165, 1.54) is 10.8 Å². The molecule has 0 fully saturated rings. The highest BCUT2D eigenvalue weighted by molar-refractivity contribution is 5.93. The summed E-state index contributed by atoms with van der Waals surface area (Å²) in [4.78, 5) is 0. The Bertz CT molecular complexity index is 895. The SMILES string of the molecule is c1ccc2c(/N=N/c3cccc4ccccc34)cccc2c1. The van der Waals surface area contributed by atoms with Gasteiger partial charge in [-0.05, 0) is 22.9 Å². The monoisotopic (exact) mass is 282 g/mol. The third-order valence-electron chi connectivity index (χ3n) is 3.80. The van der Waals surface area contributed by atoms with Gasteiger partial charge in [0.05, 0.1) is 11.4 Å². The molecule has 0 aliphatic heterocycles. The second-order valence-electron chi connectivity index (χ2n) is 5.20. The molecule has 0 aliphatic carbocycles. The zero-order valence-corrected chi connectivity index (χ0v) is 12.0. The molecule has 4 aromatic carbocycles. The van der Waals surface area contributed by atoms with Crippen molar-refractivity contribution in [3.63, 3.8) is 0 Å². The van der Waals surface area contributed by atoms with Gasteiger partial charge < -0.3 is 0 Å². The van der Waals surface area contributed by atoms with Crippen LogP contribution < -0.4 is 0 Å². The number of rotatable bonds is 2. The van der Waals surface area contributed by atoms with Crippen molar-refractivity contribution in [2.24, 2.45) is 10.2 Å². The van der Waals surface area contributed by atoms with E-state index in [4.69, 9.17) is 0 Å². The summed E-state index contributed by atoms with van der Waals surface area (Å²) < 4.78 is 0. The van der Waals surface area contributed by atoms with Crippen LogP contribution in [0.15, 0.2) is 95.2 Å². The fourth-order valence-electron chi connectivity index (χ4n) is 2.70. The first-order valence-electron chi connectivity index (χ1n) is 7.29. The molecule has 0 unspecified atom stereocenters. The molecule has 4 rings (SSSR count). The van der Waals surface area contributed by atoms with E-state index in [9.17, 15) is 0 Å². The lowest BCUT2D eigenvalue weighted by Crippen LogP contribution is -1.74. The molecule has 0 aliphatic rings. The van der Waals surface area contributed by atoms with Gasteiger partial charge in [-0.15, -0.1) is 10.2 Å². The standard InChI is InChI=1S/C20H14N2/c1-3-11-17-15(7-1)9-5-13-19(17)21-22-20-14-6-10-16-8-2-4-12-18(16)20/h1-14H/b22-21+. The maximum atomic E-state index is 4.48. The van der Waals surface area contributed by atoms with Gasteiger partial charge in [0.2, 0.25) is 0 Å². The molecule has 0 aromatic heterocycles. The van der Waals surface area contributed by atoms with Crippen LogP contribution in [0.1, 0.15) is 0 Å². The van der Waals surface area contributed by atoms with E-state index in [1.54, 1.807) is 0 Å². The van der Waals surface area contributed by atoms with Crippen LogP contribution in [0, 0.1) is 0 Å². The Hall–Kier alpha value is -3.00. The van der Waals surface area contributed by atoms with Crippen molar-refractivity contribution < 1.29 is 0 Å². The second-order valence-corrected chi connectivity index (χ2v) is 5.20. The van der Waals surface area contributed by atoms with Crippen LogP contribution >= 0.6 is 0 Å². The summed E-state index contributed by atoms with van der Waals surface area (Å²) in [6.07, 6.45) is 0. The fraction of sp³-hybridized carbons (Fsp3) is 0. The molecule has 0 amide bonds. The second kappa shape index (κ2) is 5.41. The summed E-state index contributed by atoms with van der Waals surface area (Å²) in [7, 11) is 0. The molecule has 0 atom stereocenters. The third kappa shape index (κ3) is 2.25. The summed E-state index contributed by atoms with van der Waals surface area (Å²) in [6.45, 7) is 0. The molecule has 0 bridgehead atoms. The lowest BCUT2D eigenvalue weighted by molar-refractivity contribution is 1.25. The predicted molar refractivity (Wildman–Crippen MR) is 92.1 cm³/mol. The predicted octanol–water partition coefficient (Wildman–Crippen LogP) is 6.41. The number of azo groups is 1. The molecule has 104 valence electrons. The first kappa shape index (κ1) is 12.7. The van der Waals surface area contributed by atoms with E-state index in [0.29, 0.717) is 0 Å². The first-order valence-corrected chi connectivity index (χ1v) is 7.29. The Morgan fingerprint density at radius 2 is 0.818 bits per heavy atom. The van der Waals surface area contributed by atoms with Gasteiger partial charge in [-0.3, -0.25) is 0 Å². The molecule has 0 saturated heterocycles. The molecule has 0 saturated carbocycles. The van der Waals surface area contributed by atoms with Gasteiger partial charge in [0.25, 0.3) is 0 Å². The average molecular weight is 282 g/mol. The molecule has 2 heteroatoms. The summed E-state index contributed by atoms with van der Waals surface area (Å²) >= 11 is 0. The smallest absolute Gasteiger partial charge is 0.0935 e. The summed E-state index contributed by atoms with van der Waals surface area (Å²) in [5.74, 6) is 0. The van der Waals surface area contributed by atoms with Gasteiger partial charge in [0.1, 0.15) is 0 Å². The number of hydrogen-bond acceptors (Lipinski definition) is 2. The molecule has 2 nitrogen and oxygen atoms in total. The van der Waals surface area contributed by atoms with Gasteiger partial charge in [-0.25, -0.2) is 0 Å². The topological polar surface area (TPSA) is 24.7 Å². The maximum Gasteiger partial charge on any atom is 0.0935 e. The molecule has 0 heterocycles. The third-order valence-corrected chi connectivity index (χ3v) is 3.80. The minimum atomic E-state index is 0.894. The van der Waals surface area contributed by atoms with E-state index in [2.05, 4.69) is 46.6 Å². The Labute approximate surface area is 128 Å². The Kier molecular flexibility index (Phi) is 3.13. The van der Waals surface area contributed by atoms with E-state index in [0.717, 1.165) is 22.1 Å². The van der Waals surface area contributed by atoms with E-state index in [1.807, 2.05) is 48.5 Å². The Morgan fingerprint density at radius 3 is 1.32 bits per heavy atom. The molecule has 4 aromatic rings. The van der Waals surface area contributed by atoms with E-state index < -0.39 is 0 Å². The van der Waals surface area contributed by atoms with Gasteiger partial charge >= 0.3 is 0 Å². The highest BCUT2D eigenvalue weighted by Gasteiger charge is 2.01. The molecular formula is C20H14N2. The van der Waals surface area contributed by atoms with E-state index >= 15 is 0 Å². The number of hydrogen-bond donors (Lipinski definition) is 0. The number of fused-ring (bicyclic) bond motifs is 2. The van der Waals surface area contributed by atoms with Crippen molar-refractivity contribution in [1.82, 2.24) is 0 Å². The largest absolute Gasteiger partial charge is 0.150 e. The lowest BCUT2D eigenvalue weighted by Gasteiger charge is -2.02. The highest BCUT2D eigenvalue weighted by atomic mass is 15.1. The molecule has 22 heavy (non-hydrogen) atoms. The normalized spacial score (nSPS) is 11.5. The summed E-state index contributed by atoms with van der Waals surface area (Å²) in [6, 6.07) is 28.7. The van der Waals surface area contributed by atoms with Crippen LogP contribution in [0.2, 0.25) is 0 Å². The molecule has 0 radical (unpaired) electrons. The molecular weight excluding hydrogens is 268 g/mol. The number of benzene rings is 4.